The molecule has 3 heterocycles. The molecular weight excluding hydrogens is 686 g/mol. The van der Waals surface area contributed by atoms with Crippen molar-refractivity contribution in [1.82, 2.24) is 10.2 Å². The van der Waals surface area contributed by atoms with Crippen LogP contribution in [0.4, 0.5) is 5.69 Å². The van der Waals surface area contributed by atoms with Crippen molar-refractivity contribution in [2.75, 3.05) is 38.3 Å². The van der Waals surface area contributed by atoms with Crippen LogP contribution in [0.1, 0.15) is 56.6 Å². The standard InChI is InChI=1S/C43H51N3O8/c1-4-6-19-35(48)44-33(28-52-3)38(30-16-9-7-10-17-30)53-42(51)36-34-22-23-43(54-34)37(36)40(49)46(25-13-8-14-26-47)39(43)41(50)45(24-5-2)32-21-20-29-15-11-12-18-31(29)27-32/h4-5,7,9-12,15-18,20-21,27,33-34,36-39,47H,1-2,6,8,13-14,19,22-26,28H2,3H3,(H,44,48)/t33-,34+,36-,37-,38-,39+,43-/m1/s1. The van der Waals surface area contributed by atoms with E-state index in [-0.39, 0.29) is 50.4 Å². The van der Waals surface area contributed by atoms with Crippen LogP contribution in [0.15, 0.2) is 98.1 Å². The van der Waals surface area contributed by atoms with Crippen LogP contribution < -0.4 is 10.2 Å². The number of rotatable bonds is 19. The third-order valence-electron chi connectivity index (χ3n) is 11.0. The van der Waals surface area contributed by atoms with Gasteiger partial charge in [0.1, 0.15) is 17.7 Å². The van der Waals surface area contributed by atoms with Gasteiger partial charge in [0.2, 0.25) is 11.8 Å². The second-order valence-electron chi connectivity index (χ2n) is 14.4. The van der Waals surface area contributed by atoms with E-state index >= 15 is 4.79 Å². The van der Waals surface area contributed by atoms with Gasteiger partial charge >= 0.3 is 5.97 Å². The lowest BCUT2D eigenvalue weighted by atomic mass is 9.70. The number of hydrogen-bond donors (Lipinski definition) is 2. The van der Waals surface area contributed by atoms with Gasteiger partial charge in [-0.1, -0.05) is 72.8 Å². The third kappa shape index (κ3) is 7.71. The number of benzene rings is 3. The van der Waals surface area contributed by atoms with Crippen molar-refractivity contribution in [2.45, 2.75) is 74.8 Å². The van der Waals surface area contributed by atoms with Crippen LogP contribution in [0, 0.1) is 11.8 Å². The number of carbonyl (C=O) groups is 4. The predicted octanol–water partition coefficient (Wildman–Crippen LogP) is 5.28. The van der Waals surface area contributed by atoms with Crippen LogP contribution in [0.25, 0.3) is 10.8 Å². The Bertz CT molecular complexity index is 1830. The fraction of sp³-hybridized carbons (Fsp3) is 0.442. The van der Waals surface area contributed by atoms with E-state index in [4.69, 9.17) is 14.2 Å². The zero-order valence-corrected chi connectivity index (χ0v) is 30.9. The monoisotopic (exact) mass is 737 g/mol. The molecule has 3 saturated heterocycles. The third-order valence-corrected chi connectivity index (χ3v) is 11.0. The van der Waals surface area contributed by atoms with Crippen molar-refractivity contribution in [1.29, 1.82) is 0 Å². The van der Waals surface area contributed by atoms with Gasteiger partial charge in [0.05, 0.1) is 30.6 Å². The topological polar surface area (TPSA) is 135 Å². The molecule has 3 aromatic carbocycles. The molecule has 3 amide bonds. The van der Waals surface area contributed by atoms with E-state index in [0.717, 1.165) is 10.8 Å². The number of anilines is 1. The van der Waals surface area contributed by atoms with Crippen molar-refractivity contribution in [3.63, 3.8) is 0 Å². The SMILES string of the molecule is C=CCCC(=O)N[C@H](COC)[C@H](OC(=O)[C@@H]1[C@@H]2CC[C@]3(O2)[C@H](C(=O)N(CC=C)c2ccc4ccccc4c2)N(CCCCCO)C(=O)[C@@H]13)c1ccccc1. The normalized spacial score (nSPS) is 23.8. The molecule has 2 bridgehead atoms. The van der Waals surface area contributed by atoms with Crippen molar-refractivity contribution in [3.05, 3.63) is 104 Å². The lowest BCUT2D eigenvalue weighted by Gasteiger charge is -2.37. The summed E-state index contributed by atoms with van der Waals surface area (Å²) in [5, 5.41) is 14.4. The number of nitrogens with zero attached hydrogens (tertiary/aromatic N) is 2. The molecule has 3 aliphatic heterocycles. The number of aliphatic hydroxyl groups excluding tert-OH is 1. The van der Waals surface area contributed by atoms with Gasteiger partial charge in [-0.15, -0.1) is 13.2 Å². The van der Waals surface area contributed by atoms with Gasteiger partial charge in [-0.05, 0) is 67.0 Å². The average molecular weight is 738 g/mol. The second kappa shape index (κ2) is 17.5. The first-order chi connectivity index (χ1) is 26.3. The molecule has 2 N–H and O–H groups in total. The summed E-state index contributed by atoms with van der Waals surface area (Å²) in [6.07, 6.45) is 5.14. The number of nitrogens with one attached hydrogen (secondary N) is 1. The van der Waals surface area contributed by atoms with Crippen LogP contribution in [0.5, 0.6) is 0 Å². The predicted molar refractivity (Wildman–Crippen MR) is 205 cm³/mol. The number of allylic oxidation sites excluding steroid dienone is 1. The zero-order valence-electron chi connectivity index (χ0n) is 30.9. The number of methoxy groups -OCH3 is 1. The van der Waals surface area contributed by atoms with E-state index in [9.17, 15) is 19.5 Å². The molecule has 0 aromatic heterocycles. The molecule has 3 fully saturated rings. The summed E-state index contributed by atoms with van der Waals surface area (Å²) >= 11 is 0. The second-order valence-corrected chi connectivity index (χ2v) is 14.4. The molecule has 54 heavy (non-hydrogen) atoms. The van der Waals surface area contributed by atoms with Crippen LogP contribution >= 0.6 is 0 Å². The Balaban J connectivity index is 1.34. The van der Waals surface area contributed by atoms with Crippen LogP contribution in [0.3, 0.4) is 0 Å². The van der Waals surface area contributed by atoms with Crippen molar-refractivity contribution in [3.8, 4) is 0 Å². The largest absolute Gasteiger partial charge is 0.455 e. The molecule has 0 saturated carbocycles. The minimum Gasteiger partial charge on any atom is -0.455 e. The minimum absolute atomic E-state index is 0.0258. The molecule has 7 atom stereocenters. The highest BCUT2D eigenvalue weighted by Crippen LogP contribution is 2.59. The van der Waals surface area contributed by atoms with Gasteiger partial charge in [0.25, 0.3) is 5.91 Å². The molecule has 0 aliphatic carbocycles. The summed E-state index contributed by atoms with van der Waals surface area (Å²) in [6.45, 7) is 8.19. The first kappa shape index (κ1) is 38.9. The van der Waals surface area contributed by atoms with E-state index in [1.54, 1.807) is 22.0 Å². The van der Waals surface area contributed by atoms with Gasteiger partial charge in [-0.3, -0.25) is 19.2 Å². The highest BCUT2D eigenvalue weighted by atomic mass is 16.6. The Morgan fingerprint density at radius 2 is 1.80 bits per heavy atom. The van der Waals surface area contributed by atoms with Crippen LogP contribution in [-0.4, -0.2) is 90.9 Å². The summed E-state index contributed by atoms with van der Waals surface area (Å²) < 4.78 is 18.6. The van der Waals surface area contributed by atoms with Gasteiger partial charge < -0.3 is 34.4 Å². The van der Waals surface area contributed by atoms with E-state index in [1.165, 1.54) is 7.11 Å². The lowest BCUT2D eigenvalue weighted by Crippen LogP contribution is -2.56. The molecule has 0 unspecified atom stereocenters. The quantitative estimate of drug-likeness (QED) is 0.0965. The molecule has 6 rings (SSSR count). The summed E-state index contributed by atoms with van der Waals surface area (Å²) in [5.41, 5.74) is 0.0742. The highest BCUT2D eigenvalue weighted by molar-refractivity contribution is 6.05. The molecule has 3 aromatic rings. The number of aliphatic hydroxyl groups is 1. The Kier molecular flexibility index (Phi) is 12.6. The summed E-state index contributed by atoms with van der Waals surface area (Å²) in [6, 6.07) is 21.1. The maximum atomic E-state index is 15.0. The molecule has 11 nitrogen and oxygen atoms in total. The van der Waals surface area contributed by atoms with Crippen molar-refractivity contribution in [2.24, 2.45) is 11.8 Å². The number of hydrogen-bond acceptors (Lipinski definition) is 8. The molecule has 1 spiro atoms. The van der Waals surface area contributed by atoms with E-state index in [0.29, 0.717) is 49.8 Å². The average Bonchev–Trinajstić information content (AvgIpc) is 3.83. The Hall–Kier alpha value is -4.84. The smallest absolute Gasteiger partial charge is 0.313 e. The number of carbonyl (C=O) groups excluding carboxylic acids is 4. The van der Waals surface area contributed by atoms with Crippen molar-refractivity contribution >= 4 is 40.2 Å². The molecule has 3 aliphatic rings. The first-order valence-electron chi connectivity index (χ1n) is 18.9. The van der Waals surface area contributed by atoms with Crippen molar-refractivity contribution < 1.29 is 38.5 Å². The molecular formula is C43H51N3O8. The van der Waals surface area contributed by atoms with Gasteiger partial charge in [-0.2, -0.15) is 0 Å². The maximum Gasteiger partial charge on any atom is 0.313 e. The summed E-state index contributed by atoms with van der Waals surface area (Å²) in [4.78, 5) is 60.4. The molecule has 286 valence electrons. The summed E-state index contributed by atoms with van der Waals surface area (Å²) in [5.74, 6) is -3.40. The Labute approximate surface area is 316 Å². The fourth-order valence-corrected chi connectivity index (χ4v) is 8.58. The van der Waals surface area contributed by atoms with Gasteiger partial charge in [0, 0.05) is 38.9 Å². The highest BCUT2D eigenvalue weighted by Gasteiger charge is 2.75. The number of ether oxygens (including phenoxy) is 3. The Morgan fingerprint density at radius 1 is 1.04 bits per heavy atom. The molecule has 0 radical (unpaired) electrons. The minimum atomic E-state index is -1.25. The van der Waals surface area contributed by atoms with E-state index in [1.807, 2.05) is 72.8 Å². The zero-order chi connectivity index (χ0) is 38.2. The van der Waals surface area contributed by atoms with Gasteiger partial charge in [0.15, 0.2) is 0 Å². The number of esters is 1. The van der Waals surface area contributed by atoms with Crippen LogP contribution in [-0.2, 0) is 33.4 Å². The fourth-order valence-electron chi connectivity index (χ4n) is 8.58. The lowest BCUT2D eigenvalue weighted by molar-refractivity contribution is -0.163. The van der Waals surface area contributed by atoms with E-state index in [2.05, 4.69) is 18.5 Å². The first-order valence-corrected chi connectivity index (χ1v) is 18.9. The number of amides is 3. The number of unbranched alkanes of at least 4 members (excludes halogenated alkanes) is 2. The van der Waals surface area contributed by atoms with Gasteiger partial charge in [-0.25, -0.2) is 0 Å². The summed E-state index contributed by atoms with van der Waals surface area (Å²) in [7, 11) is 1.51. The maximum absolute atomic E-state index is 15.0. The van der Waals surface area contributed by atoms with Crippen LogP contribution in [0.2, 0.25) is 0 Å². The number of fused-ring (bicyclic) bond motifs is 2. The number of likely N-dealkylation sites (tertiary alicyclic amines) is 1. The molecule has 11 heteroatoms. The van der Waals surface area contributed by atoms with E-state index < -0.39 is 47.7 Å². The Morgan fingerprint density at radius 3 is 2.52 bits per heavy atom.